The van der Waals surface area contributed by atoms with Crippen LogP contribution in [0.15, 0.2) is 36.4 Å². The Bertz CT molecular complexity index is 609. The summed E-state index contributed by atoms with van der Waals surface area (Å²) in [5.74, 6) is -1.18. The van der Waals surface area contributed by atoms with Crippen LogP contribution in [-0.4, -0.2) is 5.11 Å². The Morgan fingerprint density at radius 3 is 2.60 bits per heavy atom. The maximum atomic E-state index is 13.5. The molecule has 0 saturated heterocycles. The van der Waals surface area contributed by atoms with Crippen molar-refractivity contribution >= 4 is 0 Å². The van der Waals surface area contributed by atoms with Gasteiger partial charge < -0.3 is 9.84 Å². The molecule has 0 aliphatic rings. The van der Waals surface area contributed by atoms with Crippen molar-refractivity contribution in [1.82, 2.24) is 0 Å². The van der Waals surface area contributed by atoms with Crippen LogP contribution in [0.3, 0.4) is 0 Å². The predicted octanol–water partition coefficient (Wildman–Crippen LogP) is 3.91. The van der Waals surface area contributed by atoms with Crippen molar-refractivity contribution < 1.29 is 18.6 Å². The fraction of sp³-hybridized carbons (Fsp3) is 0.250. The number of aliphatic hydroxyl groups excluding tert-OH is 1. The lowest BCUT2D eigenvalue weighted by molar-refractivity contribution is 0.199. The van der Waals surface area contributed by atoms with Crippen molar-refractivity contribution in [2.75, 3.05) is 0 Å². The first-order valence-electron chi connectivity index (χ1n) is 6.33. The molecule has 4 heteroatoms. The van der Waals surface area contributed by atoms with Crippen LogP contribution in [0.2, 0.25) is 0 Å². The van der Waals surface area contributed by atoms with Crippen molar-refractivity contribution in [3.05, 3.63) is 64.7 Å². The zero-order valence-electron chi connectivity index (χ0n) is 11.4. The van der Waals surface area contributed by atoms with Gasteiger partial charge in [0.2, 0.25) is 0 Å². The number of aliphatic hydroxyl groups is 1. The molecule has 2 aromatic rings. The minimum absolute atomic E-state index is 0.0432. The molecule has 2 rings (SSSR count). The summed E-state index contributed by atoms with van der Waals surface area (Å²) in [7, 11) is 0. The molecule has 0 heterocycles. The van der Waals surface area contributed by atoms with Crippen LogP contribution >= 0.6 is 0 Å². The molecule has 0 amide bonds. The zero-order valence-corrected chi connectivity index (χ0v) is 11.4. The molecule has 0 spiro atoms. The second-order valence-electron chi connectivity index (χ2n) is 4.70. The van der Waals surface area contributed by atoms with Crippen LogP contribution in [0.1, 0.15) is 29.7 Å². The quantitative estimate of drug-likeness (QED) is 0.919. The molecule has 0 aliphatic carbocycles. The SMILES string of the molecule is Cc1cc([C@@H](C)O)ccc1OCc1cccc(F)c1F. The number of rotatable bonds is 4. The lowest BCUT2D eigenvalue weighted by atomic mass is 10.1. The van der Waals surface area contributed by atoms with Crippen LogP contribution in [0.25, 0.3) is 0 Å². The van der Waals surface area contributed by atoms with Gasteiger partial charge in [-0.25, -0.2) is 8.78 Å². The average molecular weight is 278 g/mol. The van der Waals surface area contributed by atoms with E-state index in [0.29, 0.717) is 5.75 Å². The lowest BCUT2D eigenvalue weighted by Crippen LogP contribution is -2.02. The molecule has 0 aliphatic heterocycles. The highest BCUT2D eigenvalue weighted by Crippen LogP contribution is 2.24. The predicted molar refractivity (Wildman–Crippen MR) is 72.5 cm³/mol. The normalized spacial score (nSPS) is 12.2. The highest BCUT2D eigenvalue weighted by Gasteiger charge is 2.09. The Kier molecular flexibility index (Phi) is 4.35. The third kappa shape index (κ3) is 3.14. The molecule has 2 nitrogen and oxygen atoms in total. The van der Waals surface area contributed by atoms with E-state index in [0.717, 1.165) is 17.2 Å². The van der Waals surface area contributed by atoms with Gasteiger partial charge in [-0.05, 0) is 43.2 Å². The highest BCUT2D eigenvalue weighted by molar-refractivity contribution is 5.37. The van der Waals surface area contributed by atoms with E-state index >= 15 is 0 Å². The fourth-order valence-electron chi connectivity index (χ4n) is 1.91. The van der Waals surface area contributed by atoms with E-state index in [9.17, 15) is 13.9 Å². The van der Waals surface area contributed by atoms with Crippen LogP contribution in [0.5, 0.6) is 5.75 Å². The van der Waals surface area contributed by atoms with Gasteiger partial charge in [0, 0.05) is 5.56 Å². The Balaban J connectivity index is 2.13. The molecule has 106 valence electrons. The lowest BCUT2D eigenvalue weighted by Gasteiger charge is -2.12. The molecule has 20 heavy (non-hydrogen) atoms. The molecule has 0 bridgehead atoms. The summed E-state index contributed by atoms with van der Waals surface area (Å²) in [4.78, 5) is 0. The van der Waals surface area contributed by atoms with E-state index in [1.54, 1.807) is 19.1 Å². The first-order valence-corrected chi connectivity index (χ1v) is 6.33. The van der Waals surface area contributed by atoms with Gasteiger partial charge in [-0.3, -0.25) is 0 Å². The summed E-state index contributed by atoms with van der Waals surface area (Å²) in [6.07, 6.45) is -0.552. The van der Waals surface area contributed by atoms with Gasteiger partial charge in [-0.15, -0.1) is 0 Å². The Labute approximate surface area is 116 Å². The third-order valence-electron chi connectivity index (χ3n) is 3.10. The van der Waals surface area contributed by atoms with Gasteiger partial charge in [0.15, 0.2) is 11.6 Å². The van der Waals surface area contributed by atoms with Crippen LogP contribution < -0.4 is 4.74 Å². The summed E-state index contributed by atoms with van der Waals surface area (Å²) in [6, 6.07) is 9.27. The highest BCUT2D eigenvalue weighted by atomic mass is 19.2. The van der Waals surface area contributed by atoms with E-state index in [4.69, 9.17) is 4.74 Å². The first-order chi connectivity index (χ1) is 9.49. The number of hydrogen-bond donors (Lipinski definition) is 1. The molecular weight excluding hydrogens is 262 g/mol. The third-order valence-corrected chi connectivity index (χ3v) is 3.10. The minimum atomic E-state index is -0.884. The second kappa shape index (κ2) is 6.01. The number of hydrogen-bond acceptors (Lipinski definition) is 2. The Hall–Kier alpha value is -1.94. The molecule has 1 atom stereocenters. The van der Waals surface area contributed by atoms with Gasteiger partial charge >= 0.3 is 0 Å². The minimum Gasteiger partial charge on any atom is -0.489 e. The van der Waals surface area contributed by atoms with Gasteiger partial charge in [0.25, 0.3) is 0 Å². The van der Waals surface area contributed by atoms with E-state index in [1.165, 1.54) is 12.1 Å². The smallest absolute Gasteiger partial charge is 0.165 e. The maximum absolute atomic E-state index is 13.5. The second-order valence-corrected chi connectivity index (χ2v) is 4.70. The number of halogens is 2. The Morgan fingerprint density at radius 2 is 1.95 bits per heavy atom. The molecule has 2 aromatic carbocycles. The molecular formula is C16H16F2O2. The monoisotopic (exact) mass is 278 g/mol. The largest absolute Gasteiger partial charge is 0.489 e. The van der Waals surface area contributed by atoms with Crippen LogP contribution in [0.4, 0.5) is 8.78 Å². The first kappa shape index (κ1) is 14.5. The van der Waals surface area contributed by atoms with Gasteiger partial charge in [0.05, 0.1) is 6.10 Å². The van der Waals surface area contributed by atoms with Gasteiger partial charge in [-0.2, -0.15) is 0 Å². The van der Waals surface area contributed by atoms with E-state index in [2.05, 4.69) is 0 Å². The van der Waals surface area contributed by atoms with Crippen molar-refractivity contribution in [1.29, 1.82) is 0 Å². The molecule has 0 fully saturated rings. The van der Waals surface area contributed by atoms with Crippen LogP contribution in [-0.2, 0) is 6.61 Å². The molecule has 0 radical (unpaired) electrons. The van der Waals surface area contributed by atoms with Crippen molar-refractivity contribution in [2.24, 2.45) is 0 Å². The van der Waals surface area contributed by atoms with E-state index in [1.807, 2.05) is 13.0 Å². The standard InChI is InChI=1S/C16H16F2O2/c1-10-8-12(11(2)19)6-7-15(10)20-9-13-4-3-5-14(17)16(13)18/h3-8,11,19H,9H2,1-2H3/t11-/m1/s1. The number of aryl methyl sites for hydroxylation is 1. The summed E-state index contributed by atoms with van der Waals surface area (Å²) < 4.78 is 32.1. The number of ether oxygens (including phenoxy) is 1. The maximum Gasteiger partial charge on any atom is 0.165 e. The van der Waals surface area contributed by atoms with Gasteiger partial charge in [0.1, 0.15) is 12.4 Å². The summed E-state index contributed by atoms with van der Waals surface area (Å²) in [5, 5.41) is 9.48. The topological polar surface area (TPSA) is 29.5 Å². The summed E-state index contributed by atoms with van der Waals surface area (Å²) in [6.45, 7) is 3.47. The Morgan fingerprint density at radius 1 is 1.20 bits per heavy atom. The van der Waals surface area contributed by atoms with Gasteiger partial charge in [-0.1, -0.05) is 18.2 Å². The van der Waals surface area contributed by atoms with Crippen LogP contribution in [0, 0.1) is 18.6 Å². The zero-order chi connectivity index (χ0) is 14.7. The molecule has 0 unspecified atom stereocenters. The van der Waals surface area contributed by atoms with Crippen molar-refractivity contribution in [3.8, 4) is 5.75 Å². The molecule has 1 N–H and O–H groups in total. The molecule has 0 saturated carbocycles. The molecule has 0 aromatic heterocycles. The fourth-order valence-corrected chi connectivity index (χ4v) is 1.91. The number of benzene rings is 2. The van der Waals surface area contributed by atoms with E-state index in [-0.39, 0.29) is 12.2 Å². The van der Waals surface area contributed by atoms with Crippen molar-refractivity contribution in [2.45, 2.75) is 26.6 Å². The summed E-state index contributed by atoms with van der Waals surface area (Å²) in [5.41, 5.74) is 1.79. The van der Waals surface area contributed by atoms with Crippen molar-refractivity contribution in [3.63, 3.8) is 0 Å². The summed E-state index contributed by atoms with van der Waals surface area (Å²) >= 11 is 0. The average Bonchev–Trinajstić information content (AvgIpc) is 2.41. The van der Waals surface area contributed by atoms with E-state index < -0.39 is 17.7 Å².